The first-order valence-corrected chi connectivity index (χ1v) is 8.57. The van der Waals surface area contributed by atoms with Crippen LogP contribution in [0, 0.1) is 6.92 Å². The van der Waals surface area contributed by atoms with E-state index in [0.717, 1.165) is 10.9 Å². The number of benzene rings is 2. The molecule has 7 heteroatoms. The van der Waals surface area contributed by atoms with E-state index in [1.165, 1.54) is 0 Å². The highest BCUT2D eigenvalue weighted by Crippen LogP contribution is 2.20. The highest BCUT2D eigenvalue weighted by atomic mass is 35.5. The number of nitrogens with zero attached hydrogens (tertiary/aromatic N) is 1. The Bertz CT molecular complexity index is 1090. The molecule has 0 aliphatic carbocycles. The largest absolute Gasteiger partial charge is 0.484 e. The standard InChI is InChI=1S/C20H17ClN2O4/c1-12-9-15(7-8-17(12)21)26-11-19(24)23-22-13(2)16-10-14-5-3-4-6-18(14)27-20(16)25/h3-10H,11H2,1-2H3,(H,23,24)/b22-13-. The third-order valence-electron chi connectivity index (χ3n) is 3.88. The molecular weight excluding hydrogens is 368 g/mol. The van der Waals surface area contributed by atoms with Crippen LogP contribution >= 0.6 is 11.6 Å². The average molecular weight is 385 g/mol. The zero-order valence-corrected chi connectivity index (χ0v) is 15.5. The number of carbonyl (C=O) groups excluding carboxylic acids is 1. The van der Waals surface area contributed by atoms with Gasteiger partial charge in [0, 0.05) is 10.4 Å². The first kappa shape index (κ1) is 18.7. The lowest BCUT2D eigenvalue weighted by Crippen LogP contribution is -2.26. The molecule has 0 saturated heterocycles. The molecule has 3 rings (SSSR count). The molecule has 0 saturated carbocycles. The quantitative estimate of drug-likeness (QED) is 0.413. The Labute approximate surface area is 160 Å². The third-order valence-corrected chi connectivity index (χ3v) is 4.30. The van der Waals surface area contributed by atoms with Crippen LogP contribution in [0.2, 0.25) is 5.02 Å². The van der Waals surface area contributed by atoms with E-state index in [9.17, 15) is 9.59 Å². The zero-order valence-electron chi connectivity index (χ0n) is 14.8. The maximum absolute atomic E-state index is 12.1. The predicted molar refractivity (Wildman–Crippen MR) is 105 cm³/mol. The Morgan fingerprint density at radius 1 is 1.22 bits per heavy atom. The van der Waals surface area contributed by atoms with Crippen molar-refractivity contribution in [3.05, 3.63) is 75.1 Å². The van der Waals surface area contributed by atoms with E-state index in [1.807, 2.05) is 19.1 Å². The summed E-state index contributed by atoms with van der Waals surface area (Å²) in [5.41, 5.74) is 3.82. The number of hydrazone groups is 1. The topological polar surface area (TPSA) is 80.9 Å². The van der Waals surface area contributed by atoms with Crippen LogP contribution in [0.15, 0.2) is 62.8 Å². The van der Waals surface area contributed by atoms with Gasteiger partial charge in [0.25, 0.3) is 5.91 Å². The Morgan fingerprint density at radius 2 is 2.00 bits per heavy atom. The van der Waals surface area contributed by atoms with Crippen molar-refractivity contribution in [3.63, 3.8) is 0 Å². The monoisotopic (exact) mass is 384 g/mol. The molecule has 1 aromatic heterocycles. The van der Waals surface area contributed by atoms with Crippen molar-refractivity contribution >= 4 is 34.2 Å². The summed E-state index contributed by atoms with van der Waals surface area (Å²) in [4.78, 5) is 24.0. The second kappa shape index (κ2) is 8.05. The van der Waals surface area contributed by atoms with Gasteiger partial charge < -0.3 is 9.15 Å². The molecule has 0 aliphatic heterocycles. The van der Waals surface area contributed by atoms with Crippen molar-refractivity contribution in [2.24, 2.45) is 5.10 Å². The number of carbonyl (C=O) groups is 1. The van der Waals surface area contributed by atoms with E-state index in [0.29, 0.717) is 22.1 Å². The lowest BCUT2D eigenvalue weighted by atomic mass is 10.1. The molecule has 27 heavy (non-hydrogen) atoms. The third kappa shape index (κ3) is 4.54. The molecule has 1 N–H and O–H groups in total. The Kier molecular flexibility index (Phi) is 5.57. The van der Waals surface area contributed by atoms with Gasteiger partial charge in [0.15, 0.2) is 6.61 Å². The number of ether oxygens (including phenoxy) is 1. The number of amides is 1. The number of halogens is 1. The first-order valence-electron chi connectivity index (χ1n) is 8.19. The van der Waals surface area contributed by atoms with Gasteiger partial charge in [0.05, 0.1) is 11.3 Å². The molecule has 0 radical (unpaired) electrons. The van der Waals surface area contributed by atoms with Gasteiger partial charge in [0.2, 0.25) is 0 Å². The van der Waals surface area contributed by atoms with E-state index in [-0.39, 0.29) is 12.2 Å². The van der Waals surface area contributed by atoms with Crippen molar-refractivity contribution in [2.45, 2.75) is 13.8 Å². The highest BCUT2D eigenvalue weighted by molar-refractivity contribution is 6.31. The summed E-state index contributed by atoms with van der Waals surface area (Å²) in [5.74, 6) is 0.0788. The highest BCUT2D eigenvalue weighted by Gasteiger charge is 2.09. The molecule has 6 nitrogen and oxygen atoms in total. The molecule has 0 aliphatic rings. The second-order valence-electron chi connectivity index (χ2n) is 5.92. The van der Waals surface area contributed by atoms with Crippen LogP contribution in [0.4, 0.5) is 0 Å². The van der Waals surface area contributed by atoms with Crippen LogP contribution in [0.3, 0.4) is 0 Å². The summed E-state index contributed by atoms with van der Waals surface area (Å²) in [5, 5.41) is 5.36. The molecule has 0 atom stereocenters. The fourth-order valence-electron chi connectivity index (χ4n) is 2.41. The molecule has 1 heterocycles. The number of hydrogen-bond acceptors (Lipinski definition) is 5. The Hall–Kier alpha value is -3.12. The second-order valence-corrected chi connectivity index (χ2v) is 6.32. The molecule has 0 bridgehead atoms. The number of nitrogens with one attached hydrogen (secondary N) is 1. The van der Waals surface area contributed by atoms with Gasteiger partial charge in [-0.25, -0.2) is 10.2 Å². The zero-order chi connectivity index (χ0) is 19.4. The molecular formula is C20H17ClN2O4. The summed E-state index contributed by atoms with van der Waals surface area (Å²) >= 11 is 5.95. The smallest absolute Gasteiger partial charge is 0.345 e. The fraction of sp³-hybridized carbons (Fsp3) is 0.150. The summed E-state index contributed by atoms with van der Waals surface area (Å²) in [7, 11) is 0. The van der Waals surface area contributed by atoms with Gasteiger partial charge in [-0.3, -0.25) is 4.79 Å². The maximum Gasteiger partial charge on any atom is 0.345 e. The summed E-state index contributed by atoms with van der Waals surface area (Å²) in [6.07, 6.45) is 0. The van der Waals surface area contributed by atoms with Gasteiger partial charge in [-0.1, -0.05) is 29.8 Å². The minimum Gasteiger partial charge on any atom is -0.484 e. The van der Waals surface area contributed by atoms with Gasteiger partial charge >= 0.3 is 5.63 Å². The number of rotatable bonds is 5. The van der Waals surface area contributed by atoms with Crippen LogP contribution in [-0.2, 0) is 4.79 Å². The van der Waals surface area contributed by atoms with Gasteiger partial charge in [-0.05, 0) is 49.7 Å². The molecule has 0 unspecified atom stereocenters. The number of fused-ring (bicyclic) bond motifs is 1. The molecule has 2 aromatic carbocycles. The molecule has 0 spiro atoms. The van der Waals surface area contributed by atoms with Gasteiger partial charge in [0.1, 0.15) is 11.3 Å². The van der Waals surface area contributed by atoms with Crippen molar-refractivity contribution in [3.8, 4) is 5.75 Å². The van der Waals surface area contributed by atoms with Crippen molar-refractivity contribution < 1.29 is 13.9 Å². The fourth-order valence-corrected chi connectivity index (χ4v) is 2.53. The lowest BCUT2D eigenvalue weighted by molar-refractivity contribution is -0.123. The number of hydrogen-bond donors (Lipinski definition) is 1. The SMILES string of the molecule is C/C(=N/NC(=O)COc1ccc(Cl)c(C)c1)c1cc2ccccc2oc1=O. The van der Waals surface area contributed by atoms with Crippen molar-refractivity contribution in [2.75, 3.05) is 6.61 Å². The summed E-state index contributed by atoms with van der Waals surface area (Å²) < 4.78 is 10.7. The molecule has 138 valence electrons. The average Bonchev–Trinajstić information content (AvgIpc) is 2.66. The van der Waals surface area contributed by atoms with Crippen LogP contribution in [0.1, 0.15) is 18.1 Å². The van der Waals surface area contributed by atoms with Crippen molar-refractivity contribution in [1.29, 1.82) is 0 Å². The van der Waals surface area contributed by atoms with E-state index >= 15 is 0 Å². The molecule has 1 amide bonds. The van der Waals surface area contributed by atoms with E-state index in [1.54, 1.807) is 43.3 Å². The Morgan fingerprint density at radius 3 is 2.78 bits per heavy atom. The molecule has 3 aromatic rings. The van der Waals surface area contributed by atoms with Crippen LogP contribution < -0.4 is 15.8 Å². The normalized spacial score (nSPS) is 11.4. The summed E-state index contributed by atoms with van der Waals surface area (Å²) in [6, 6.07) is 14.0. The summed E-state index contributed by atoms with van der Waals surface area (Å²) in [6.45, 7) is 3.24. The minimum absolute atomic E-state index is 0.218. The number of para-hydroxylation sites is 1. The molecule has 0 fully saturated rings. The van der Waals surface area contributed by atoms with Crippen LogP contribution in [-0.4, -0.2) is 18.2 Å². The lowest BCUT2D eigenvalue weighted by Gasteiger charge is -2.07. The minimum atomic E-state index is -0.517. The van der Waals surface area contributed by atoms with Crippen LogP contribution in [0.5, 0.6) is 5.75 Å². The Balaban J connectivity index is 1.66. The predicted octanol–water partition coefficient (Wildman–Crippen LogP) is 3.67. The van der Waals surface area contributed by atoms with Gasteiger partial charge in [-0.15, -0.1) is 0 Å². The van der Waals surface area contributed by atoms with E-state index < -0.39 is 11.5 Å². The van der Waals surface area contributed by atoms with Gasteiger partial charge in [-0.2, -0.15) is 5.10 Å². The van der Waals surface area contributed by atoms with Crippen molar-refractivity contribution in [1.82, 2.24) is 5.43 Å². The maximum atomic E-state index is 12.1. The van der Waals surface area contributed by atoms with Crippen LogP contribution in [0.25, 0.3) is 11.0 Å². The van der Waals surface area contributed by atoms with E-state index in [4.69, 9.17) is 20.8 Å². The van der Waals surface area contributed by atoms with E-state index in [2.05, 4.69) is 10.5 Å². The first-order chi connectivity index (χ1) is 12.9. The number of aryl methyl sites for hydroxylation is 1.